The molecule has 0 fully saturated rings. The number of imidazole rings is 1. The minimum absolute atomic E-state index is 0.283. The first kappa shape index (κ1) is 26.5. The summed E-state index contributed by atoms with van der Waals surface area (Å²) >= 11 is 0. The fourth-order valence-corrected chi connectivity index (χ4v) is 6.19. The van der Waals surface area contributed by atoms with Crippen LogP contribution in [-0.2, 0) is 25.7 Å². The van der Waals surface area contributed by atoms with Crippen molar-refractivity contribution in [3.05, 3.63) is 70.7 Å². The van der Waals surface area contributed by atoms with Crippen LogP contribution >= 0.6 is 0 Å². The third-order valence-electron chi connectivity index (χ3n) is 8.63. The molecule has 1 aliphatic carbocycles. The van der Waals surface area contributed by atoms with Crippen LogP contribution in [-0.4, -0.2) is 36.1 Å². The molecule has 1 aromatic carbocycles. The summed E-state index contributed by atoms with van der Waals surface area (Å²) in [4.78, 5) is 21.7. The van der Waals surface area contributed by atoms with Crippen molar-refractivity contribution in [3.8, 4) is 11.1 Å². The predicted molar refractivity (Wildman–Crippen MR) is 153 cm³/mol. The van der Waals surface area contributed by atoms with E-state index in [9.17, 15) is 5.11 Å². The van der Waals surface area contributed by atoms with Gasteiger partial charge in [0.1, 0.15) is 12.2 Å². The molecule has 3 aromatic heterocycles. The van der Waals surface area contributed by atoms with Gasteiger partial charge in [-0.3, -0.25) is 0 Å². The Bertz CT molecular complexity index is 1410. The van der Waals surface area contributed by atoms with Gasteiger partial charge in [-0.25, -0.2) is 19.9 Å². The molecule has 4 aromatic rings. The van der Waals surface area contributed by atoms with E-state index < -0.39 is 0 Å². The van der Waals surface area contributed by atoms with E-state index in [1.54, 1.807) is 6.33 Å². The number of aryl methyl sites for hydroxylation is 2. The standard InChI is InChI=1S/C32H41N5O/c1-6-7-23(14-29-28-11-10-24(21(4)38)15-30(28)35-18-34-29)20(3)12-26-13-25(9-8-19(26)2)27-16-31-32(33-17-27)37-22(5)36-31/h8-9,13,16-18,20-21,23-24,38H,6-7,10-12,14-15H2,1-5H3,(H,33,36,37). The summed E-state index contributed by atoms with van der Waals surface area (Å²) in [6.07, 6.45) is 10.6. The Balaban J connectivity index is 1.35. The minimum atomic E-state index is -0.283. The fourth-order valence-electron chi connectivity index (χ4n) is 6.19. The highest BCUT2D eigenvalue weighted by Gasteiger charge is 2.27. The maximum absolute atomic E-state index is 10.1. The molecular weight excluding hydrogens is 470 g/mol. The molecule has 0 spiro atoms. The summed E-state index contributed by atoms with van der Waals surface area (Å²) in [5.41, 5.74) is 10.5. The Morgan fingerprint density at radius 2 is 1.89 bits per heavy atom. The lowest BCUT2D eigenvalue weighted by Crippen LogP contribution is -2.27. The van der Waals surface area contributed by atoms with Crippen molar-refractivity contribution in [3.63, 3.8) is 0 Å². The van der Waals surface area contributed by atoms with Gasteiger partial charge in [-0.05, 0) is 98.9 Å². The van der Waals surface area contributed by atoms with E-state index in [0.29, 0.717) is 17.8 Å². The summed E-state index contributed by atoms with van der Waals surface area (Å²) in [5, 5.41) is 10.1. The molecule has 4 atom stereocenters. The smallest absolute Gasteiger partial charge is 0.177 e. The molecule has 5 rings (SSSR count). The Kier molecular flexibility index (Phi) is 7.89. The minimum Gasteiger partial charge on any atom is -0.393 e. The molecular formula is C32H41N5O. The van der Waals surface area contributed by atoms with Crippen LogP contribution in [0, 0.1) is 31.6 Å². The molecule has 3 heterocycles. The molecule has 0 radical (unpaired) electrons. The third-order valence-corrected chi connectivity index (χ3v) is 8.63. The number of aromatic nitrogens is 5. The number of aromatic amines is 1. The largest absolute Gasteiger partial charge is 0.393 e. The molecule has 200 valence electrons. The first-order chi connectivity index (χ1) is 18.3. The van der Waals surface area contributed by atoms with Crippen LogP contribution < -0.4 is 0 Å². The Hall–Kier alpha value is -3.12. The zero-order valence-electron chi connectivity index (χ0n) is 23.5. The topological polar surface area (TPSA) is 87.6 Å². The summed E-state index contributed by atoms with van der Waals surface area (Å²) in [7, 11) is 0. The van der Waals surface area contributed by atoms with E-state index >= 15 is 0 Å². The van der Waals surface area contributed by atoms with E-state index in [-0.39, 0.29) is 6.10 Å². The summed E-state index contributed by atoms with van der Waals surface area (Å²) in [6, 6.07) is 8.95. The predicted octanol–water partition coefficient (Wildman–Crippen LogP) is 6.36. The van der Waals surface area contributed by atoms with Gasteiger partial charge in [-0.15, -0.1) is 0 Å². The van der Waals surface area contributed by atoms with Crippen LogP contribution in [0.25, 0.3) is 22.3 Å². The molecule has 0 saturated heterocycles. The summed E-state index contributed by atoms with van der Waals surface area (Å²) in [6.45, 7) is 10.8. The van der Waals surface area contributed by atoms with Crippen LogP contribution in [0.3, 0.4) is 0 Å². The number of nitrogens with zero attached hydrogens (tertiary/aromatic N) is 4. The lowest BCUT2D eigenvalue weighted by atomic mass is 9.78. The Morgan fingerprint density at radius 1 is 1.05 bits per heavy atom. The van der Waals surface area contributed by atoms with Crippen LogP contribution in [0.15, 0.2) is 36.8 Å². The fraction of sp³-hybridized carbons (Fsp3) is 0.500. The second kappa shape index (κ2) is 11.3. The molecule has 0 amide bonds. The molecule has 6 heteroatoms. The SMILES string of the molecule is CCCC(Cc1ncnc2c1CCC(C(C)O)C2)C(C)Cc1cc(-c2cnc3nc(C)[nH]c3c2)ccc1C. The average molecular weight is 512 g/mol. The van der Waals surface area contributed by atoms with Gasteiger partial charge in [0, 0.05) is 23.1 Å². The van der Waals surface area contributed by atoms with Crippen molar-refractivity contribution in [2.75, 3.05) is 0 Å². The van der Waals surface area contributed by atoms with Crippen molar-refractivity contribution in [1.82, 2.24) is 24.9 Å². The maximum atomic E-state index is 10.1. The van der Waals surface area contributed by atoms with Gasteiger partial charge in [-0.2, -0.15) is 0 Å². The Morgan fingerprint density at radius 3 is 2.68 bits per heavy atom. The number of pyridine rings is 1. The maximum Gasteiger partial charge on any atom is 0.177 e. The van der Waals surface area contributed by atoms with E-state index in [1.165, 1.54) is 40.8 Å². The average Bonchev–Trinajstić information content (AvgIpc) is 3.28. The van der Waals surface area contributed by atoms with Crippen molar-refractivity contribution in [2.45, 2.75) is 85.7 Å². The number of fused-ring (bicyclic) bond motifs is 2. The van der Waals surface area contributed by atoms with Crippen molar-refractivity contribution >= 4 is 11.2 Å². The number of H-pyrrole nitrogens is 1. The summed E-state index contributed by atoms with van der Waals surface area (Å²) < 4.78 is 0. The van der Waals surface area contributed by atoms with Crippen LogP contribution in [0.1, 0.15) is 73.9 Å². The second-order valence-electron chi connectivity index (χ2n) is 11.5. The van der Waals surface area contributed by atoms with Gasteiger partial charge in [0.25, 0.3) is 0 Å². The molecule has 0 bridgehead atoms. The first-order valence-corrected chi connectivity index (χ1v) is 14.2. The number of nitrogens with one attached hydrogen (secondary N) is 1. The van der Waals surface area contributed by atoms with Gasteiger partial charge in [0.05, 0.1) is 11.6 Å². The van der Waals surface area contributed by atoms with Gasteiger partial charge in [-0.1, -0.05) is 44.9 Å². The highest BCUT2D eigenvalue weighted by molar-refractivity contribution is 5.78. The number of hydrogen-bond acceptors (Lipinski definition) is 5. The number of aliphatic hydroxyl groups excluding tert-OH is 1. The first-order valence-electron chi connectivity index (χ1n) is 14.2. The molecule has 38 heavy (non-hydrogen) atoms. The van der Waals surface area contributed by atoms with Crippen LogP contribution in [0.5, 0.6) is 0 Å². The zero-order valence-corrected chi connectivity index (χ0v) is 23.5. The number of benzene rings is 1. The van der Waals surface area contributed by atoms with E-state index in [1.807, 2.05) is 20.0 Å². The normalized spacial score (nSPS) is 17.8. The third kappa shape index (κ3) is 5.65. The van der Waals surface area contributed by atoms with E-state index in [0.717, 1.165) is 60.3 Å². The molecule has 1 aliphatic rings. The molecule has 4 unspecified atom stereocenters. The lowest BCUT2D eigenvalue weighted by molar-refractivity contribution is 0.115. The number of rotatable bonds is 9. The Labute approximate surface area is 226 Å². The number of aliphatic hydroxyl groups is 1. The number of hydrogen-bond donors (Lipinski definition) is 2. The van der Waals surface area contributed by atoms with Crippen molar-refractivity contribution in [2.24, 2.45) is 17.8 Å². The van der Waals surface area contributed by atoms with E-state index in [2.05, 4.69) is 65.0 Å². The van der Waals surface area contributed by atoms with Gasteiger partial charge in [0.2, 0.25) is 0 Å². The summed E-state index contributed by atoms with van der Waals surface area (Å²) in [5.74, 6) is 2.28. The quantitative estimate of drug-likeness (QED) is 0.273. The monoisotopic (exact) mass is 511 g/mol. The van der Waals surface area contributed by atoms with Crippen molar-refractivity contribution in [1.29, 1.82) is 0 Å². The van der Waals surface area contributed by atoms with Crippen LogP contribution in [0.4, 0.5) is 0 Å². The zero-order chi connectivity index (χ0) is 26.8. The van der Waals surface area contributed by atoms with Crippen LogP contribution in [0.2, 0.25) is 0 Å². The second-order valence-corrected chi connectivity index (χ2v) is 11.5. The lowest BCUT2D eigenvalue weighted by Gasteiger charge is -2.29. The van der Waals surface area contributed by atoms with Crippen molar-refractivity contribution < 1.29 is 5.11 Å². The molecule has 0 aliphatic heterocycles. The molecule has 6 nitrogen and oxygen atoms in total. The van der Waals surface area contributed by atoms with Gasteiger partial charge >= 0.3 is 0 Å². The van der Waals surface area contributed by atoms with Gasteiger partial charge < -0.3 is 10.1 Å². The highest BCUT2D eigenvalue weighted by Crippen LogP contribution is 2.33. The molecule has 0 saturated carbocycles. The molecule has 2 N–H and O–H groups in total. The van der Waals surface area contributed by atoms with E-state index in [4.69, 9.17) is 4.98 Å². The highest BCUT2D eigenvalue weighted by atomic mass is 16.3. The van der Waals surface area contributed by atoms with Gasteiger partial charge in [0.15, 0.2) is 5.65 Å².